The Morgan fingerprint density at radius 2 is 1.93 bits per heavy atom. The maximum Gasteiger partial charge on any atom is 0.417 e. The van der Waals surface area contributed by atoms with Gasteiger partial charge in [-0.05, 0) is 13.0 Å². The van der Waals surface area contributed by atoms with Gasteiger partial charge in [-0.15, -0.1) is 0 Å². The van der Waals surface area contributed by atoms with Crippen molar-refractivity contribution in [3.05, 3.63) is 60.2 Å². The lowest BCUT2D eigenvalue weighted by atomic mass is 10.1. The molecule has 0 N–H and O–H groups in total. The Hall–Kier alpha value is -3.67. The molecule has 0 bridgehead atoms. The van der Waals surface area contributed by atoms with E-state index in [9.17, 15) is 23.2 Å². The molecule has 6 nitrogen and oxygen atoms in total. The number of rotatable bonds is 2. The van der Waals surface area contributed by atoms with Gasteiger partial charge in [0.25, 0.3) is 0 Å². The van der Waals surface area contributed by atoms with Crippen molar-refractivity contribution >= 4 is 28.2 Å². The van der Waals surface area contributed by atoms with E-state index < -0.39 is 23.8 Å². The zero-order valence-electron chi connectivity index (χ0n) is 15.2. The van der Waals surface area contributed by atoms with Gasteiger partial charge < -0.3 is 0 Å². The minimum absolute atomic E-state index is 0.0285. The van der Waals surface area contributed by atoms with Crippen LogP contribution in [0.3, 0.4) is 0 Å². The molecular weight excluding hydrogens is 383 g/mol. The lowest BCUT2D eigenvalue weighted by Crippen LogP contribution is -2.35. The number of nitriles is 1. The molecule has 1 aliphatic rings. The molecular formula is C20H14F3N5O. The highest BCUT2D eigenvalue weighted by atomic mass is 19.4. The van der Waals surface area contributed by atoms with Gasteiger partial charge >= 0.3 is 12.2 Å². The number of aromatic nitrogens is 2. The van der Waals surface area contributed by atoms with Gasteiger partial charge in [0.15, 0.2) is 0 Å². The van der Waals surface area contributed by atoms with Crippen molar-refractivity contribution in [1.82, 2.24) is 9.97 Å². The summed E-state index contributed by atoms with van der Waals surface area (Å²) in [5, 5.41) is 11.1. The van der Waals surface area contributed by atoms with E-state index in [1.165, 1.54) is 18.0 Å². The molecule has 146 valence electrons. The van der Waals surface area contributed by atoms with Gasteiger partial charge in [-0.3, -0.25) is 19.8 Å². The Morgan fingerprint density at radius 3 is 2.66 bits per heavy atom. The smallest absolute Gasteiger partial charge is 0.289 e. The highest BCUT2D eigenvalue weighted by Gasteiger charge is 2.41. The molecule has 1 aliphatic heterocycles. The van der Waals surface area contributed by atoms with Crippen molar-refractivity contribution in [1.29, 1.82) is 5.26 Å². The average Bonchev–Trinajstić information content (AvgIpc) is 3.03. The number of anilines is 2. The van der Waals surface area contributed by atoms with Crippen LogP contribution in [0.4, 0.5) is 29.3 Å². The summed E-state index contributed by atoms with van der Waals surface area (Å²) in [7, 11) is 0. The zero-order chi connectivity index (χ0) is 20.8. The topological polar surface area (TPSA) is 73.1 Å². The molecule has 0 spiro atoms. The third-order valence-electron chi connectivity index (χ3n) is 4.84. The number of alkyl halides is 3. The van der Waals surface area contributed by atoms with E-state index in [4.69, 9.17) is 0 Å². The maximum atomic E-state index is 13.2. The molecule has 2 aromatic heterocycles. The standard InChI is InChI=1S/C20H14F3N5O/c1-12-17(6-14(9-26-12)20(21,22)23)27-11-15(7-24)28(19(27)29)18-10-25-8-13-4-2-3-5-16(13)18/h2-6,8-10,15H,11H2,1H3/t15-/m1/s1. The third-order valence-corrected chi connectivity index (χ3v) is 4.84. The molecule has 1 fully saturated rings. The molecule has 0 unspecified atom stereocenters. The first-order valence-electron chi connectivity index (χ1n) is 8.68. The number of fused-ring (bicyclic) bond motifs is 1. The number of aryl methyl sites for hydroxylation is 1. The van der Waals surface area contributed by atoms with Crippen LogP contribution in [0.5, 0.6) is 0 Å². The Morgan fingerprint density at radius 1 is 1.17 bits per heavy atom. The number of hydrogen-bond acceptors (Lipinski definition) is 4. The average molecular weight is 397 g/mol. The molecule has 9 heteroatoms. The van der Waals surface area contributed by atoms with Crippen molar-refractivity contribution in [2.24, 2.45) is 0 Å². The highest BCUT2D eigenvalue weighted by molar-refractivity contribution is 6.11. The van der Waals surface area contributed by atoms with E-state index in [-0.39, 0.29) is 17.9 Å². The Balaban J connectivity index is 1.81. The molecule has 2 amide bonds. The van der Waals surface area contributed by atoms with Crippen LogP contribution in [0.25, 0.3) is 10.8 Å². The number of carbonyl (C=O) groups is 1. The summed E-state index contributed by atoms with van der Waals surface area (Å²) >= 11 is 0. The van der Waals surface area contributed by atoms with Crippen molar-refractivity contribution in [3.8, 4) is 6.07 Å². The molecule has 0 saturated carbocycles. The molecule has 4 rings (SSSR count). The largest absolute Gasteiger partial charge is 0.417 e. The number of amides is 2. The fourth-order valence-corrected chi connectivity index (χ4v) is 3.41. The van der Waals surface area contributed by atoms with Crippen LogP contribution in [0.2, 0.25) is 0 Å². The van der Waals surface area contributed by atoms with Crippen LogP contribution in [0.1, 0.15) is 11.3 Å². The second-order valence-corrected chi connectivity index (χ2v) is 6.61. The zero-order valence-corrected chi connectivity index (χ0v) is 15.2. The lowest BCUT2D eigenvalue weighted by molar-refractivity contribution is -0.137. The number of benzene rings is 1. The normalized spacial score (nSPS) is 17.1. The minimum Gasteiger partial charge on any atom is -0.289 e. The summed E-state index contributed by atoms with van der Waals surface area (Å²) in [5.41, 5.74) is -0.230. The van der Waals surface area contributed by atoms with Gasteiger partial charge in [0.05, 0.1) is 41.4 Å². The number of hydrogen-bond donors (Lipinski definition) is 0. The van der Waals surface area contributed by atoms with Crippen LogP contribution in [0.15, 0.2) is 48.9 Å². The molecule has 1 aromatic carbocycles. The van der Waals surface area contributed by atoms with Gasteiger partial charge in [-0.25, -0.2) is 4.79 Å². The predicted octanol–water partition coefficient (Wildman–Crippen LogP) is 4.30. The first kappa shape index (κ1) is 18.7. The third kappa shape index (κ3) is 3.12. The van der Waals surface area contributed by atoms with Gasteiger partial charge in [-0.2, -0.15) is 18.4 Å². The van der Waals surface area contributed by atoms with E-state index in [0.29, 0.717) is 5.69 Å². The lowest BCUT2D eigenvalue weighted by Gasteiger charge is -2.22. The SMILES string of the molecule is Cc1ncc(C(F)(F)F)cc1N1C[C@@H](C#N)N(c2cncc3ccccc23)C1=O. The monoisotopic (exact) mass is 397 g/mol. The van der Waals surface area contributed by atoms with Crippen molar-refractivity contribution in [2.45, 2.75) is 19.1 Å². The van der Waals surface area contributed by atoms with Gasteiger partial charge in [0.2, 0.25) is 0 Å². The first-order valence-corrected chi connectivity index (χ1v) is 8.68. The Labute approximate surface area is 163 Å². The number of urea groups is 1. The van der Waals surface area contributed by atoms with E-state index in [2.05, 4.69) is 16.0 Å². The molecule has 0 aliphatic carbocycles. The molecule has 3 aromatic rings. The van der Waals surface area contributed by atoms with Gasteiger partial charge in [0.1, 0.15) is 6.04 Å². The predicted molar refractivity (Wildman–Crippen MR) is 100 cm³/mol. The molecule has 0 radical (unpaired) electrons. The van der Waals surface area contributed by atoms with Crippen molar-refractivity contribution in [3.63, 3.8) is 0 Å². The molecule has 3 heterocycles. The number of carbonyl (C=O) groups excluding carboxylic acids is 1. The maximum absolute atomic E-state index is 13.2. The van der Waals surface area contributed by atoms with E-state index >= 15 is 0 Å². The summed E-state index contributed by atoms with van der Waals surface area (Å²) in [4.78, 5) is 23.6. The summed E-state index contributed by atoms with van der Waals surface area (Å²) in [6.45, 7) is 1.44. The van der Waals surface area contributed by atoms with E-state index in [0.717, 1.165) is 27.9 Å². The fraction of sp³-hybridized carbons (Fsp3) is 0.200. The minimum atomic E-state index is -4.59. The van der Waals surface area contributed by atoms with Crippen molar-refractivity contribution in [2.75, 3.05) is 16.3 Å². The summed E-state index contributed by atoms with van der Waals surface area (Å²) < 4.78 is 39.4. The van der Waals surface area contributed by atoms with Crippen LogP contribution < -0.4 is 9.80 Å². The van der Waals surface area contributed by atoms with Crippen molar-refractivity contribution < 1.29 is 18.0 Å². The summed E-state index contributed by atoms with van der Waals surface area (Å²) in [6, 6.07) is 8.72. The summed E-state index contributed by atoms with van der Waals surface area (Å²) in [6.07, 6.45) is -0.746. The Bertz CT molecular complexity index is 1150. The Kier molecular flexibility index (Phi) is 4.34. The number of nitrogens with zero attached hydrogens (tertiary/aromatic N) is 5. The number of pyridine rings is 2. The molecule has 1 saturated heterocycles. The van der Waals surface area contributed by atoms with E-state index in [1.54, 1.807) is 18.3 Å². The molecule has 1 atom stereocenters. The summed E-state index contributed by atoms with van der Waals surface area (Å²) in [5.74, 6) is 0. The first-order chi connectivity index (χ1) is 13.8. The fourth-order valence-electron chi connectivity index (χ4n) is 3.41. The quantitative estimate of drug-likeness (QED) is 0.646. The van der Waals surface area contributed by atoms with Crippen LogP contribution in [-0.2, 0) is 6.18 Å². The second kappa shape index (κ2) is 6.74. The molecule has 29 heavy (non-hydrogen) atoms. The van der Waals surface area contributed by atoms with E-state index in [1.807, 2.05) is 12.1 Å². The van der Waals surface area contributed by atoms with Crippen LogP contribution in [0, 0.1) is 18.3 Å². The highest BCUT2D eigenvalue weighted by Crippen LogP contribution is 2.36. The van der Waals surface area contributed by atoms with Crippen LogP contribution >= 0.6 is 0 Å². The van der Waals surface area contributed by atoms with Gasteiger partial charge in [0, 0.05) is 23.2 Å². The second-order valence-electron chi connectivity index (χ2n) is 6.61. The van der Waals surface area contributed by atoms with Crippen LogP contribution in [-0.4, -0.2) is 28.6 Å². The van der Waals surface area contributed by atoms with Gasteiger partial charge in [-0.1, -0.05) is 24.3 Å². The number of halogens is 3.